The Morgan fingerprint density at radius 2 is 2.12 bits per heavy atom. The number of carbonyl (C=O) groups is 2. The lowest BCUT2D eigenvalue weighted by atomic mass is 10.0. The Balaban J connectivity index is 2.39. The molecule has 1 fully saturated rings. The van der Waals surface area contributed by atoms with Crippen molar-refractivity contribution in [3.8, 4) is 0 Å². The first-order chi connectivity index (χ1) is 8.06. The fourth-order valence-electron chi connectivity index (χ4n) is 2.30. The minimum absolute atomic E-state index is 0.0511. The maximum atomic E-state index is 12.0. The first kappa shape index (κ1) is 14.0. The lowest BCUT2D eigenvalue weighted by molar-refractivity contribution is -0.137. The summed E-state index contributed by atoms with van der Waals surface area (Å²) in [6.45, 7) is 3.41. The van der Waals surface area contributed by atoms with E-state index in [0.717, 1.165) is 19.3 Å². The molecule has 0 saturated carbocycles. The molecular formula is C12H23N3O2. The second-order valence-corrected chi connectivity index (χ2v) is 4.87. The van der Waals surface area contributed by atoms with Gasteiger partial charge in [0, 0.05) is 13.0 Å². The zero-order valence-corrected chi connectivity index (χ0v) is 10.5. The van der Waals surface area contributed by atoms with Gasteiger partial charge in [0.1, 0.15) is 6.04 Å². The average molecular weight is 241 g/mol. The smallest absolute Gasteiger partial charge is 0.240 e. The number of primary amides is 1. The molecule has 98 valence electrons. The summed E-state index contributed by atoms with van der Waals surface area (Å²) in [6.07, 6.45) is 3.84. The van der Waals surface area contributed by atoms with Crippen molar-refractivity contribution < 1.29 is 9.59 Å². The maximum Gasteiger partial charge on any atom is 0.240 e. The normalized spacial score (nSPS) is 21.5. The molecule has 0 aliphatic carbocycles. The van der Waals surface area contributed by atoms with Crippen LogP contribution in [-0.2, 0) is 9.59 Å². The minimum Gasteiger partial charge on any atom is -0.368 e. The lowest BCUT2D eigenvalue weighted by Gasteiger charge is -2.22. The van der Waals surface area contributed by atoms with Gasteiger partial charge in [0.15, 0.2) is 0 Å². The van der Waals surface area contributed by atoms with Crippen LogP contribution in [0.4, 0.5) is 0 Å². The molecule has 1 rings (SSSR count). The van der Waals surface area contributed by atoms with Crippen LogP contribution in [0.3, 0.4) is 0 Å². The fraction of sp³-hybridized carbons (Fsp3) is 0.833. The molecule has 0 bridgehead atoms. The topological polar surface area (TPSA) is 89.4 Å². The molecule has 2 atom stereocenters. The van der Waals surface area contributed by atoms with E-state index in [4.69, 9.17) is 11.5 Å². The predicted octanol–water partition coefficient (Wildman–Crippen LogP) is 0.228. The van der Waals surface area contributed by atoms with Gasteiger partial charge in [0.2, 0.25) is 11.8 Å². The monoisotopic (exact) mass is 241 g/mol. The highest BCUT2D eigenvalue weighted by Gasteiger charge is 2.32. The number of hydrogen-bond acceptors (Lipinski definition) is 3. The van der Waals surface area contributed by atoms with Crippen LogP contribution in [0.25, 0.3) is 0 Å². The molecule has 17 heavy (non-hydrogen) atoms. The van der Waals surface area contributed by atoms with Crippen molar-refractivity contribution in [3.05, 3.63) is 0 Å². The van der Waals surface area contributed by atoms with E-state index in [2.05, 4.69) is 6.92 Å². The number of amides is 2. The van der Waals surface area contributed by atoms with E-state index in [1.54, 1.807) is 4.90 Å². The van der Waals surface area contributed by atoms with Crippen LogP contribution in [0.1, 0.15) is 39.0 Å². The molecule has 1 aliphatic heterocycles. The van der Waals surface area contributed by atoms with Crippen LogP contribution in [0, 0.1) is 5.92 Å². The van der Waals surface area contributed by atoms with Crippen LogP contribution in [0.5, 0.6) is 0 Å². The van der Waals surface area contributed by atoms with Gasteiger partial charge in [-0.05, 0) is 38.1 Å². The molecule has 4 N–H and O–H groups in total. The van der Waals surface area contributed by atoms with Gasteiger partial charge >= 0.3 is 0 Å². The number of nitrogens with zero attached hydrogens (tertiary/aromatic N) is 1. The molecule has 5 heteroatoms. The van der Waals surface area contributed by atoms with Crippen molar-refractivity contribution in [1.29, 1.82) is 0 Å². The van der Waals surface area contributed by atoms with Crippen molar-refractivity contribution in [2.24, 2.45) is 17.4 Å². The van der Waals surface area contributed by atoms with Crippen molar-refractivity contribution in [2.45, 2.75) is 45.1 Å². The van der Waals surface area contributed by atoms with Crippen molar-refractivity contribution in [1.82, 2.24) is 4.90 Å². The molecule has 0 aromatic carbocycles. The highest BCUT2D eigenvalue weighted by molar-refractivity contribution is 5.87. The first-order valence-electron chi connectivity index (χ1n) is 6.35. The van der Waals surface area contributed by atoms with Gasteiger partial charge in [-0.15, -0.1) is 0 Å². The molecule has 0 spiro atoms. The molecule has 0 radical (unpaired) electrons. The third-order valence-corrected chi connectivity index (χ3v) is 3.41. The molecule has 2 amide bonds. The van der Waals surface area contributed by atoms with Crippen molar-refractivity contribution >= 4 is 11.8 Å². The summed E-state index contributed by atoms with van der Waals surface area (Å²) in [5.74, 6) is 0.125. The van der Waals surface area contributed by atoms with Crippen LogP contribution >= 0.6 is 0 Å². The first-order valence-corrected chi connectivity index (χ1v) is 6.35. The Morgan fingerprint density at radius 3 is 2.71 bits per heavy atom. The molecule has 1 saturated heterocycles. The Hall–Kier alpha value is -1.10. The largest absolute Gasteiger partial charge is 0.368 e. The van der Waals surface area contributed by atoms with E-state index in [-0.39, 0.29) is 17.9 Å². The third kappa shape index (κ3) is 4.00. The van der Waals surface area contributed by atoms with Gasteiger partial charge in [-0.2, -0.15) is 0 Å². The van der Waals surface area contributed by atoms with Gasteiger partial charge in [0.05, 0.1) is 0 Å². The van der Waals surface area contributed by atoms with Gasteiger partial charge in [-0.25, -0.2) is 0 Å². The Bertz CT molecular complexity index is 281. The van der Waals surface area contributed by atoms with Crippen LogP contribution in [-0.4, -0.2) is 35.8 Å². The van der Waals surface area contributed by atoms with E-state index < -0.39 is 0 Å². The van der Waals surface area contributed by atoms with Crippen LogP contribution < -0.4 is 11.5 Å². The van der Waals surface area contributed by atoms with E-state index in [9.17, 15) is 9.59 Å². The van der Waals surface area contributed by atoms with Gasteiger partial charge in [-0.1, -0.05) is 6.92 Å². The molecule has 0 aromatic rings. The zero-order chi connectivity index (χ0) is 12.8. The third-order valence-electron chi connectivity index (χ3n) is 3.41. The lowest BCUT2D eigenvalue weighted by Crippen LogP contribution is -2.43. The van der Waals surface area contributed by atoms with E-state index in [1.807, 2.05) is 0 Å². The van der Waals surface area contributed by atoms with Crippen LogP contribution in [0.2, 0.25) is 0 Å². The Labute approximate surface area is 103 Å². The summed E-state index contributed by atoms with van der Waals surface area (Å²) in [4.78, 5) is 24.8. The molecular weight excluding hydrogens is 218 g/mol. The summed E-state index contributed by atoms with van der Waals surface area (Å²) in [5, 5.41) is 0. The fourth-order valence-corrected chi connectivity index (χ4v) is 2.30. The zero-order valence-electron chi connectivity index (χ0n) is 10.5. The number of likely N-dealkylation sites (tertiary alicyclic amines) is 1. The summed E-state index contributed by atoms with van der Waals surface area (Å²) < 4.78 is 0. The van der Waals surface area contributed by atoms with Crippen LogP contribution in [0.15, 0.2) is 0 Å². The predicted molar refractivity (Wildman–Crippen MR) is 66.0 cm³/mol. The summed E-state index contributed by atoms with van der Waals surface area (Å²) in [5.41, 5.74) is 10.7. The van der Waals surface area contributed by atoms with E-state index in [0.29, 0.717) is 31.8 Å². The molecule has 1 heterocycles. The maximum absolute atomic E-state index is 12.0. The summed E-state index contributed by atoms with van der Waals surface area (Å²) in [6, 6.07) is -0.382. The SMILES string of the molecule is CC(CCN)CCC(=O)N1CCCC1C(N)=O. The van der Waals surface area contributed by atoms with Gasteiger partial charge in [0.25, 0.3) is 0 Å². The van der Waals surface area contributed by atoms with Crippen molar-refractivity contribution in [2.75, 3.05) is 13.1 Å². The van der Waals surface area contributed by atoms with E-state index in [1.165, 1.54) is 0 Å². The molecule has 5 nitrogen and oxygen atoms in total. The van der Waals surface area contributed by atoms with E-state index >= 15 is 0 Å². The van der Waals surface area contributed by atoms with Gasteiger partial charge < -0.3 is 16.4 Å². The second-order valence-electron chi connectivity index (χ2n) is 4.87. The number of nitrogens with two attached hydrogens (primary N) is 2. The second kappa shape index (κ2) is 6.59. The number of rotatable bonds is 6. The van der Waals surface area contributed by atoms with Crippen molar-refractivity contribution in [3.63, 3.8) is 0 Å². The highest BCUT2D eigenvalue weighted by Crippen LogP contribution is 2.19. The molecule has 1 aliphatic rings. The highest BCUT2D eigenvalue weighted by atomic mass is 16.2. The number of hydrogen-bond donors (Lipinski definition) is 2. The minimum atomic E-state index is -0.383. The Morgan fingerprint density at radius 1 is 1.41 bits per heavy atom. The average Bonchev–Trinajstić information content (AvgIpc) is 2.75. The quantitative estimate of drug-likeness (QED) is 0.697. The summed E-state index contributed by atoms with van der Waals surface area (Å²) >= 11 is 0. The van der Waals surface area contributed by atoms with Gasteiger partial charge in [-0.3, -0.25) is 9.59 Å². The summed E-state index contributed by atoms with van der Waals surface area (Å²) in [7, 11) is 0. The standard InChI is InChI=1S/C12H23N3O2/c1-9(6-7-13)4-5-11(16)15-8-2-3-10(15)12(14)17/h9-10H,2-8,13H2,1H3,(H2,14,17). The number of carbonyl (C=O) groups excluding carboxylic acids is 2. The Kier molecular flexibility index (Phi) is 5.41. The molecule has 2 unspecified atom stereocenters. The molecule has 0 aromatic heterocycles.